The van der Waals surface area contributed by atoms with Crippen LogP contribution in [0.1, 0.15) is 19.8 Å². The standard InChI is InChI=1S/C7H13N/c1-5-7-3-2-6(7)4-8-5/h5-8H,2-4H2,1H3/t5-,6-,7?/m1/s1. The summed E-state index contributed by atoms with van der Waals surface area (Å²) in [6.45, 7) is 3.61. The van der Waals surface area contributed by atoms with Crippen LogP contribution in [0.3, 0.4) is 0 Å². The fraction of sp³-hybridized carbons (Fsp3) is 1.00. The first-order valence-electron chi connectivity index (χ1n) is 3.61. The van der Waals surface area contributed by atoms with Crippen molar-refractivity contribution in [1.82, 2.24) is 5.32 Å². The second-order valence-corrected chi connectivity index (χ2v) is 3.20. The van der Waals surface area contributed by atoms with Crippen molar-refractivity contribution in [2.24, 2.45) is 11.8 Å². The second kappa shape index (κ2) is 1.47. The minimum Gasteiger partial charge on any atom is -0.314 e. The molecule has 3 atom stereocenters. The number of nitrogens with one attached hydrogen (secondary N) is 1. The van der Waals surface area contributed by atoms with E-state index < -0.39 is 0 Å². The van der Waals surface area contributed by atoms with Gasteiger partial charge >= 0.3 is 0 Å². The van der Waals surface area contributed by atoms with E-state index in [1.165, 1.54) is 19.4 Å². The van der Waals surface area contributed by atoms with Crippen LogP contribution in [0.4, 0.5) is 0 Å². The zero-order valence-corrected chi connectivity index (χ0v) is 5.35. The van der Waals surface area contributed by atoms with Crippen LogP contribution < -0.4 is 5.32 Å². The van der Waals surface area contributed by atoms with E-state index in [1.54, 1.807) is 0 Å². The highest BCUT2D eigenvalue weighted by molar-refractivity contribution is 4.94. The highest BCUT2D eigenvalue weighted by Gasteiger charge is 2.39. The van der Waals surface area contributed by atoms with Crippen molar-refractivity contribution in [1.29, 1.82) is 0 Å². The lowest BCUT2D eigenvalue weighted by Gasteiger charge is -2.31. The van der Waals surface area contributed by atoms with Crippen molar-refractivity contribution in [2.75, 3.05) is 6.54 Å². The van der Waals surface area contributed by atoms with Gasteiger partial charge in [0.05, 0.1) is 0 Å². The molecule has 1 heterocycles. The molecule has 1 heteroatoms. The van der Waals surface area contributed by atoms with E-state index in [9.17, 15) is 0 Å². The zero-order valence-electron chi connectivity index (χ0n) is 5.35. The molecular formula is C7H13N. The number of rotatable bonds is 0. The third-order valence-electron chi connectivity index (χ3n) is 2.82. The van der Waals surface area contributed by atoms with Crippen LogP contribution in [-0.4, -0.2) is 12.6 Å². The monoisotopic (exact) mass is 111 g/mol. The van der Waals surface area contributed by atoms with Crippen molar-refractivity contribution in [3.8, 4) is 0 Å². The first-order valence-corrected chi connectivity index (χ1v) is 3.61. The Labute approximate surface area is 50.5 Å². The quantitative estimate of drug-likeness (QED) is 0.492. The Bertz CT molecular complexity index is 94.6. The lowest BCUT2D eigenvalue weighted by atomic mass is 9.73. The van der Waals surface area contributed by atoms with Gasteiger partial charge in [0.25, 0.3) is 0 Å². The lowest BCUT2D eigenvalue weighted by molar-refractivity contribution is 0.215. The predicted octanol–water partition coefficient (Wildman–Crippen LogP) is 1.00. The van der Waals surface area contributed by atoms with Gasteiger partial charge in [-0.3, -0.25) is 0 Å². The molecule has 0 spiro atoms. The molecule has 2 rings (SSSR count). The Morgan fingerprint density at radius 2 is 2.25 bits per heavy atom. The van der Waals surface area contributed by atoms with E-state index in [1.807, 2.05) is 0 Å². The average molecular weight is 111 g/mol. The Balaban J connectivity index is 2.05. The van der Waals surface area contributed by atoms with Crippen LogP contribution in [0.5, 0.6) is 0 Å². The van der Waals surface area contributed by atoms with Gasteiger partial charge in [0.15, 0.2) is 0 Å². The summed E-state index contributed by atoms with van der Waals surface area (Å²) in [7, 11) is 0. The normalized spacial score (nSPS) is 52.9. The molecule has 0 aromatic carbocycles. The Morgan fingerprint density at radius 3 is 2.50 bits per heavy atom. The molecule has 0 bridgehead atoms. The minimum atomic E-state index is 0.828. The molecule has 1 aliphatic carbocycles. The molecule has 8 heavy (non-hydrogen) atoms. The fourth-order valence-electron chi connectivity index (χ4n) is 2.00. The molecule has 1 unspecified atom stereocenters. The number of hydrogen-bond acceptors (Lipinski definition) is 1. The van der Waals surface area contributed by atoms with Crippen molar-refractivity contribution in [3.63, 3.8) is 0 Å². The third-order valence-corrected chi connectivity index (χ3v) is 2.82. The Kier molecular flexibility index (Phi) is 0.884. The Morgan fingerprint density at radius 1 is 1.38 bits per heavy atom. The van der Waals surface area contributed by atoms with E-state index in [4.69, 9.17) is 0 Å². The van der Waals surface area contributed by atoms with Gasteiger partial charge in [-0.15, -0.1) is 0 Å². The third kappa shape index (κ3) is 0.455. The second-order valence-electron chi connectivity index (χ2n) is 3.20. The molecule has 0 radical (unpaired) electrons. The molecule has 0 amide bonds. The summed E-state index contributed by atoms with van der Waals surface area (Å²) in [5, 5.41) is 3.48. The van der Waals surface area contributed by atoms with E-state index >= 15 is 0 Å². The van der Waals surface area contributed by atoms with E-state index in [-0.39, 0.29) is 0 Å². The van der Waals surface area contributed by atoms with E-state index in [0.29, 0.717) is 0 Å². The van der Waals surface area contributed by atoms with Gasteiger partial charge in [-0.25, -0.2) is 0 Å². The maximum Gasteiger partial charge on any atom is 0.00702 e. The van der Waals surface area contributed by atoms with E-state index in [0.717, 1.165) is 17.9 Å². The lowest BCUT2D eigenvalue weighted by Crippen LogP contribution is -2.28. The highest BCUT2D eigenvalue weighted by atomic mass is 15.0. The first kappa shape index (κ1) is 4.80. The van der Waals surface area contributed by atoms with Gasteiger partial charge in [0, 0.05) is 6.04 Å². The van der Waals surface area contributed by atoms with Gasteiger partial charge in [-0.05, 0) is 38.1 Å². The highest BCUT2D eigenvalue weighted by Crippen LogP contribution is 2.39. The van der Waals surface area contributed by atoms with Crippen LogP contribution in [0, 0.1) is 11.8 Å². The topological polar surface area (TPSA) is 12.0 Å². The molecule has 2 aliphatic rings. The fourth-order valence-corrected chi connectivity index (χ4v) is 2.00. The average Bonchev–Trinajstić information content (AvgIpc) is 1.80. The summed E-state index contributed by atoms with van der Waals surface area (Å²) < 4.78 is 0. The van der Waals surface area contributed by atoms with Crippen molar-refractivity contribution < 1.29 is 0 Å². The van der Waals surface area contributed by atoms with Gasteiger partial charge in [0.2, 0.25) is 0 Å². The largest absolute Gasteiger partial charge is 0.314 e. The molecule has 2 fully saturated rings. The molecule has 1 saturated heterocycles. The van der Waals surface area contributed by atoms with Crippen LogP contribution >= 0.6 is 0 Å². The van der Waals surface area contributed by atoms with Crippen LogP contribution in [0.2, 0.25) is 0 Å². The number of hydrogen-bond donors (Lipinski definition) is 1. The first-order chi connectivity index (χ1) is 3.88. The summed E-state index contributed by atoms with van der Waals surface area (Å²) >= 11 is 0. The summed E-state index contributed by atoms with van der Waals surface area (Å²) in [5.74, 6) is 2.11. The van der Waals surface area contributed by atoms with Crippen molar-refractivity contribution in [2.45, 2.75) is 25.8 Å². The molecule has 46 valence electrons. The van der Waals surface area contributed by atoms with Crippen molar-refractivity contribution >= 4 is 0 Å². The maximum absolute atomic E-state index is 3.48. The molecule has 0 aromatic rings. The van der Waals surface area contributed by atoms with E-state index in [2.05, 4.69) is 12.2 Å². The minimum absolute atomic E-state index is 0.828. The molecule has 1 N–H and O–H groups in total. The van der Waals surface area contributed by atoms with Gasteiger partial charge in [0.1, 0.15) is 0 Å². The summed E-state index contributed by atoms with van der Waals surface area (Å²) in [6.07, 6.45) is 2.97. The molecule has 1 aliphatic heterocycles. The molecule has 1 saturated carbocycles. The Hall–Kier alpha value is -0.0400. The summed E-state index contributed by atoms with van der Waals surface area (Å²) in [6, 6.07) is 0.828. The van der Waals surface area contributed by atoms with Crippen LogP contribution in [0.15, 0.2) is 0 Å². The molecular weight excluding hydrogens is 98.1 g/mol. The summed E-state index contributed by atoms with van der Waals surface area (Å²) in [5.41, 5.74) is 0. The van der Waals surface area contributed by atoms with Crippen LogP contribution in [0.25, 0.3) is 0 Å². The predicted molar refractivity (Wildman–Crippen MR) is 33.7 cm³/mol. The van der Waals surface area contributed by atoms with Crippen molar-refractivity contribution in [3.05, 3.63) is 0 Å². The molecule has 0 aromatic heterocycles. The smallest absolute Gasteiger partial charge is 0.00702 e. The number of fused-ring (bicyclic) bond motifs is 1. The summed E-state index contributed by atoms with van der Waals surface area (Å²) in [4.78, 5) is 0. The van der Waals surface area contributed by atoms with Gasteiger partial charge in [-0.2, -0.15) is 0 Å². The molecule has 1 nitrogen and oxygen atoms in total. The maximum atomic E-state index is 3.48. The SMILES string of the molecule is C[C@H]1NC[C@H]2CCC21. The zero-order chi connectivity index (χ0) is 5.56. The van der Waals surface area contributed by atoms with Gasteiger partial charge in [-0.1, -0.05) is 0 Å². The van der Waals surface area contributed by atoms with Crippen LogP contribution in [-0.2, 0) is 0 Å². The van der Waals surface area contributed by atoms with Gasteiger partial charge < -0.3 is 5.32 Å².